The minimum absolute atomic E-state index is 0.0224. The summed E-state index contributed by atoms with van der Waals surface area (Å²) in [5, 5.41) is 5.60. The molecule has 0 aromatic heterocycles. The van der Waals surface area contributed by atoms with Gasteiger partial charge < -0.3 is 16.4 Å². The number of benzene rings is 1. The highest BCUT2D eigenvalue weighted by Crippen LogP contribution is 2.18. The normalized spacial score (nSPS) is 9.76. The molecule has 0 aliphatic carbocycles. The summed E-state index contributed by atoms with van der Waals surface area (Å²) in [5.41, 5.74) is 7.50. The summed E-state index contributed by atoms with van der Waals surface area (Å²) in [6.07, 6.45) is 0.394. The summed E-state index contributed by atoms with van der Waals surface area (Å²) >= 11 is 0. The molecule has 0 unspecified atom stereocenters. The standard InChI is InChI=1S/C12H17N3O2/c1-8(16)10-4-3-9(7-11(10)13)15-6-5-12(17)14-2/h3-4,7,15H,5-6,13H2,1-2H3,(H,14,17). The average Bonchev–Trinajstić information content (AvgIpc) is 2.28. The zero-order chi connectivity index (χ0) is 12.8. The molecule has 1 rings (SSSR count). The average molecular weight is 235 g/mol. The van der Waals surface area contributed by atoms with Gasteiger partial charge in [-0.3, -0.25) is 9.59 Å². The summed E-state index contributed by atoms with van der Waals surface area (Å²) < 4.78 is 0. The lowest BCUT2D eigenvalue weighted by atomic mass is 10.1. The zero-order valence-electron chi connectivity index (χ0n) is 10.0. The first-order valence-electron chi connectivity index (χ1n) is 5.39. The molecule has 0 atom stereocenters. The minimum atomic E-state index is -0.0561. The fourth-order valence-electron chi connectivity index (χ4n) is 1.44. The highest BCUT2D eigenvalue weighted by molar-refractivity contribution is 5.99. The lowest BCUT2D eigenvalue weighted by Crippen LogP contribution is -2.20. The van der Waals surface area contributed by atoms with Crippen molar-refractivity contribution < 1.29 is 9.59 Å². The molecular formula is C12H17N3O2. The van der Waals surface area contributed by atoms with Crippen LogP contribution in [0.2, 0.25) is 0 Å². The predicted molar refractivity (Wildman–Crippen MR) is 68.0 cm³/mol. The molecule has 5 nitrogen and oxygen atoms in total. The Kier molecular flexibility index (Phi) is 4.51. The molecule has 0 radical (unpaired) electrons. The number of hydrogen-bond acceptors (Lipinski definition) is 4. The first-order chi connectivity index (χ1) is 8.04. The molecule has 1 aromatic carbocycles. The van der Waals surface area contributed by atoms with E-state index < -0.39 is 0 Å². The lowest BCUT2D eigenvalue weighted by Gasteiger charge is -2.08. The molecule has 17 heavy (non-hydrogen) atoms. The maximum atomic E-state index is 11.2. The summed E-state index contributed by atoms with van der Waals surface area (Å²) in [7, 11) is 1.60. The van der Waals surface area contributed by atoms with Crippen molar-refractivity contribution in [3.05, 3.63) is 23.8 Å². The van der Waals surface area contributed by atoms with Gasteiger partial charge >= 0.3 is 0 Å². The summed E-state index contributed by atoms with van der Waals surface area (Å²) in [4.78, 5) is 22.2. The third kappa shape index (κ3) is 3.79. The van der Waals surface area contributed by atoms with Crippen molar-refractivity contribution in [3.63, 3.8) is 0 Å². The topological polar surface area (TPSA) is 84.2 Å². The smallest absolute Gasteiger partial charge is 0.221 e. The second-order valence-corrected chi connectivity index (χ2v) is 3.71. The monoisotopic (exact) mass is 235 g/mol. The van der Waals surface area contributed by atoms with E-state index in [9.17, 15) is 9.59 Å². The SMILES string of the molecule is CNC(=O)CCNc1ccc(C(C)=O)c(N)c1. The number of carbonyl (C=O) groups is 2. The van der Waals surface area contributed by atoms with E-state index >= 15 is 0 Å². The number of ketones is 1. The molecule has 0 heterocycles. The Balaban J connectivity index is 2.59. The Morgan fingerprint density at radius 3 is 2.59 bits per heavy atom. The third-order valence-corrected chi connectivity index (χ3v) is 2.39. The molecule has 1 aromatic rings. The number of rotatable bonds is 5. The molecule has 0 aliphatic rings. The summed E-state index contributed by atoms with van der Waals surface area (Å²) in [5.74, 6) is -0.0785. The van der Waals surface area contributed by atoms with Gasteiger partial charge in [0.1, 0.15) is 0 Å². The second kappa shape index (κ2) is 5.89. The minimum Gasteiger partial charge on any atom is -0.398 e. The first-order valence-corrected chi connectivity index (χ1v) is 5.39. The van der Waals surface area contributed by atoms with Crippen molar-refractivity contribution >= 4 is 23.1 Å². The zero-order valence-corrected chi connectivity index (χ0v) is 10.0. The summed E-state index contributed by atoms with van der Waals surface area (Å²) in [6.45, 7) is 2.00. The van der Waals surface area contributed by atoms with Gasteiger partial charge in [-0.15, -0.1) is 0 Å². The molecule has 0 bridgehead atoms. The van der Waals surface area contributed by atoms with Crippen LogP contribution in [-0.4, -0.2) is 25.3 Å². The number of nitrogen functional groups attached to an aromatic ring is 1. The van der Waals surface area contributed by atoms with Gasteiger partial charge in [-0.25, -0.2) is 0 Å². The van der Waals surface area contributed by atoms with Crippen molar-refractivity contribution in [2.75, 3.05) is 24.6 Å². The number of nitrogens with one attached hydrogen (secondary N) is 2. The largest absolute Gasteiger partial charge is 0.398 e. The quantitative estimate of drug-likeness (QED) is 0.525. The maximum absolute atomic E-state index is 11.2. The van der Waals surface area contributed by atoms with Gasteiger partial charge in [-0.1, -0.05) is 0 Å². The van der Waals surface area contributed by atoms with Crippen LogP contribution in [-0.2, 0) is 4.79 Å². The number of anilines is 2. The fourth-order valence-corrected chi connectivity index (χ4v) is 1.44. The van der Waals surface area contributed by atoms with Crippen LogP contribution in [0.25, 0.3) is 0 Å². The van der Waals surface area contributed by atoms with E-state index in [0.717, 1.165) is 5.69 Å². The first kappa shape index (κ1) is 13.0. The van der Waals surface area contributed by atoms with Crippen LogP contribution in [0.15, 0.2) is 18.2 Å². The van der Waals surface area contributed by atoms with Crippen molar-refractivity contribution in [2.45, 2.75) is 13.3 Å². The van der Waals surface area contributed by atoms with Crippen LogP contribution >= 0.6 is 0 Å². The van der Waals surface area contributed by atoms with Crippen molar-refractivity contribution in [1.29, 1.82) is 0 Å². The van der Waals surface area contributed by atoms with Gasteiger partial charge in [-0.05, 0) is 25.1 Å². The number of hydrogen-bond donors (Lipinski definition) is 3. The lowest BCUT2D eigenvalue weighted by molar-refractivity contribution is -0.120. The van der Waals surface area contributed by atoms with E-state index in [1.807, 2.05) is 0 Å². The molecule has 0 saturated heterocycles. The predicted octanol–water partition coefficient (Wildman–Crippen LogP) is 1.02. The molecular weight excluding hydrogens is 218 g/mol. The van der Waals surface area contributed by atoms with Crippen LogP contribution in [0.5, 0.6) is 0 Å². The van der Waals surface area contributed by atoms with E-state index in [4.69, 9.17) is 5.73 Å². The van der Waals surface area contributed by atoms with Crippen LogP contribution in [0, 0.1) is 0 Å². The third-order valence-electron chi connectivity index (χ3n) is 2.39. The molecule has 0 saturated carbocycles. The molecule has 0 aliphatic heterocycles. The number of carbonyl (C=O) groups excluding carboxylic acids is 2. The number of amides is 1. The molecule has 0 fully saturated rings. The molecule has 4 N–H and O–H groups in total. The highest BCUT2D eigenvalue weighted by atomic mass is 16.1. The Labute approximate surface area is 100 Å². The van der Waals surface area contributed by atoms with Crippen molar-refractivity contribution in [1.82, 2.24) is 5.32 Å². The maximum Gasteiger partial charge on any atom is 0.221 e. The Morgan fingerprint density at radius 1 is 1.35 bits per heavy atom. The van der Waals surface area contributed by atoms with Crippen molar-refractivity contribution in [2.24, 2.45) is 0 Å². The number of Topliss-reactive ketones (excluding diaryl/α,β-unsaturated/α-hetero) is 1. The van der Waals surface area contributed by atoms with E-state index in [1.165, 1.54) is 6.92 Å². The molecule has 1 amide bonds. The van der Waals surface area contributed by atoms with Crippen LogP contribution in [0.1, 0.15) is 23.7 Å². The van der Waals surface area contributed by atoms with Crippen LogP contribution in [0.4, 0.5) is 11.4 Å². The van der Waals surface area contributed by atoms with E-state index in [2.05, 4.69) is 10.6 Å². The number of nitrogens with two attached hydrogens (primary N) is 1. The van der Waals surface area contributed by atoms with E-state index in [0.29, 0.717) is 24.2 Å². The molecule has 0 spiro atoms. The van der Waals surface area contributed by atoms with E-state index in [-0.39, 0.29) is 11.7 Å². The fraction of sp³-hybridized carbons (Fsp3) is 0.333. The van der Waals surface area contributed by atoms with Crippen LogP contribution < -0.4 is 16.4 Å². The molecule has 5 heteroatoms. The Morgan fingerprint density at radius 2 is 2.06 bits per heavy atom. The van der Waals surface area contributed by atoms with Gasteiger partial charge in [0, 0.05) is 37.0 Å². The van der Waals surface area contributed by atoms with Gasteiger partial charge in [0.25, 0.3) is 0 Å². The highest BCUT2D eigenvalue weighted by Gasteiger charge is 2.05. The van der Waals surface area contributed by atoms with Crippen molar-refractivity contribution in [3.8, 4) is 0 Å². The van der Waals surface area contributed by atoms with Gasteiger partial charge in [0.15, 0.2) is 5.78 Å². The summed E-state index contributed by atoms with van der Waals surface area (Å²) in [6, 6.07) is 5.15. The Hall–Kier alpha value is -2.04. The second-order valence-electron chi connectivity index (χ2n) is 3.71. The van der Waals surface area contributed by atoms with Gasteiger partial charge in [-0.2, -0.15) is 0 Å². The van der Waals surface area contributed by atoms with Crippen LogP contribution in [0.3, 0.4) is 0 Å². The molecule has 92 valence electrons. The van der Waals surface area contributed by atoms with Gasteiger partial charge in [0.05, 0.1) is 0 Å². The van der Waals surface area contributed by atoms with E-state index in [1.54, 1.807) is 25.2 Å². The Bertz CT molecular complexity index is 430. The van der Waals surface area contributed by atoms with Gasteiger partial charge in [0.2, 0.25) is 5.91 Å².